The number of ether oxygens (including phenoxy) is 1. The van der Waals surface area contributed by atoms with Crippen molar-refractivity contribution in [3.05, 3.63) is 72.6 Å². The summed E-state index contributed by atoms with van der Waals surface area (Å²) in [4.78, 5) is 15.9. The third-order valence-corrected chi connectivity index (χ3v) is 4.70. The minimum absolute atomic E-state index is 0.698. The van der Waals surface area contributed by atoms with Crippen LogP contribution in [0.2, 0.25) is 0 Å². The largest absolute Gasteiger partial charge is 0.477 e. The molecule has 0 bridgehead atoms. The van der Waals surface area contributed by atoms with E-state index in [1.807, 2.05) is 44.6 Å². The van der Waals surface area contributed by atoms with Gasteiger partial charge >= 0.3 is 0 Å². The second-order valence-corrected chi connectivity index (χ2v) is 7.20. The molecule has 28 heavy (non-hydrogen) atoms. The van der Waals surface area contributed by atoms with Crippen LogP contribution in [-0.4, -0.2) is 26.5 Å². The van der Waals surface area contributed by atoms with Crippen LogP contribution in [0.1, 0.15) is 24.2 Å². The lowest BCUT2D eigenvalue weighted by Gasteiger charge is -2.10. The van der Waals surface area contributed by atoms with Gasteiger partial charge in [0.1, 0.15) is 5.82 Å². The molecule has 0 spiro atoms. The number of rotatable bonds is 4. The fourth-order valence-corrected chi connectivity index (χ4v) is 2.91. The maximum Gasteiger partial charge on any atom is 0.224 e. The third-order valence-electron chi connectivity index (χ3n) is 4.70. The summed E-state index contributed by atoms with van der Waals surface area (Å²) in [6.45, 7) is 4.67. The fraction of sp³-hybridized carbons (Fsp3) is 0.261. The molecule has 0 amide bonds. The molecule has 0 radical (unpaired) electrons. The number of fused-ring (bicyclic) bond motifs is 1. The molecule has 5 rings (SSSR count). The van der Waals surface area contributed by atoms with Gasteiger partial charge in [-0.05, 0) is 73.4 Å². The normalized spacial score (nSPS) is 13.1. The summed E-state index contributed by atoms with van der Waals surface area (Å²) in [6, 6.07) is 12.3. The van der Waals surface area contributed by atoms with Crippen LogP contribution in [0, 0.1) is 19.8 Å². The van der Waals surface area contributed by atoms with Gasteiger partial charge in [0, 0.05) is 30.3 Å². The lowest BCUT2D eigenvalue weighted by atomic mass is 10.1. The predicted octanol–water partition coefficient (Wildman–Crippen LogP) is 5.11. The van der Waals surface area contributed by atoms with Crippen LogP contribution < -0.4 is 4.74 Å². The number of benzene rings is 1. The van der Waals surface area contributed by atoms with Crippen LogP contribution in [0.15, 0.2) is 61.2 Å². The minimum atomic E-state index is 0.698. The number of aryl methyl sites for hydroxylation is 2. The van der Waals surface area contributed by atoms with E-state index in [-0.39, 0.29) is 0 Å². The molecule has 3 aromatic heterocycles. The first-order valence-corrected chi connectivity index (χ1v) is 9.59. The summed E-state index contributed by atoms with van der Waals surface area (Å²) in [7, 11) is 0. The van der Waals surface area contributed by atoms with Gasteiger partial charge in [0.25, 0.3) is 0 Å². The van der Waals surface area contributed by atoms with Gasteiger partial charge in [-0.3, -0.25) is 4.98 Å². The predicted molar refractivity (Wildman–Crippen MR) is 111 cm³/mol. The lowest BCUT2D eigenvalue weighted by Crippen LogP contribution is -2.04. The number of pyridine rings is 1. The first kappa shape index (κ1) is 18.2. The van der Waals surface area contributed by atoms with Crippen LogP contribution in [-0.2, 0) is 0 Å². The molecular formula is C23H24N4O. The van der Waals surface area contributed by atoms with E-state index in [1.54, 1.807) is 6.20 Å². The van der Waals surface area contributed by atoms with E-state index < -0.39 is 0 Å². The Hall–Kier alpha value is -3.21. The van der Waals surface area contributed by atoms with E-state index in [2.05, 4.69) is 44.2 Å². The Morgan fingerprint density at radius 1 is 1.11 bits per heavy atom. The molecule has 0 aliphatic heterocycles. The number of aromatic nitrogens is 4. The maximum atomic E-state index is 5.93. The summed E-state index contributed by atoms with van der Waals surface area (Å²) in [5, 5.41) is 1.18. The van der Waals surface area contributed by atoms with Crippen molar-refractivity contribution in [2.24, 2.45) is 5.92 Å². The monoisotopic (exact) mass is 372 g/mol. The van der Waals surface area contributed by atoms with Crippen LogP contribution >= 0.6 is 0 Å². The Morgan fingerprint density at radius 2 is 2.00 bits per heavy atom. The first-order valence-electron chi connectivity index (χ1n) is 9.59. The summed E-state index contributed by atoms with van der Waals surface area (Å²) < 4.78 is 5.93. The van der Waals surface area contributed by atoms with Gasteiger partial charge in [-0.15, -0.1) is 0 Å². The number of nitrogens with one attached hydrogen (secondary N) is 1. The standard InChI is InChI=1S/C17H17N3O.C6H7N/c1-11-19-9-15(17(20-11)21-10-12-2-3-12)13-4-5-16-14(8-13)6-7-18-16;1-6-3-2-4-7-5-6/h4-9,12,18H,2-3,10H2,1H3;2-5H,1H3. The summed E-state index contributed by atoms with van der Waals surface area (Å²) in [6.07, 6.45) is 9.96. The summed E-state index contributed by atoms with van der Waals surface area (Å²) in [5.41, 5.74) is 4.40. The van der Waals surface area contributed by atoms with Gasteiger partial charge in [-0.2, -0.15) is 4.98 Å². The van der Waals surface area contributed by atoms with Crippen molar-refractivity contribution in [3.63, 3.8) is 0 Å². The van der Waals surface area contributed by atoms with Gasteiger partial charge in [-0.25, -0.2) is 4.98 Å². The molecule has 1 aliphatic carbocycles. The van der Waals surface area contributed by atoms with Gasteiger partial charge < -0.3 is 9.72 Å². The molecule has 1 saturated carbocycles. The molecule has 0 unspecified atom stereocenters. The molecule has 142 valence electrons. The maximum absolute atomic E-state index is 5.93. The molecule has 3 heterocycles. The Labute approximate surface area is 164 Å². The second-order valence-electron chi connectivity index (χ2n) is 7.20. The van der Waals surface area contributed by atoms with Crippen LogP contribution in [0.5, 0.6) is 5.88 Å². The zero-order chi connectivity index (χ0) is 19.3. The average molecular weight is 372 g/mol. The van der Waals surface area contributed by atoms with Gasteiger partial charge in [-0.1, -0.05) is 12.1 Å². The second kappa shape index (κ2) is 8.21. The van der Waals surface area contributed by atoms with E-state index >= 15 is 0 Å². The highest BCUT2D eigenvalue weighted by atomic mass is 16.5. The molecule has 5 heteroatoms. The van der Waals surface area contributed by atoms with Crippen molar-refractivity contribution < 1.29 is 4.74 Å². The van der Waals surface area contributed by atoms with Crippen molar-refractivity contribution >= 4 is 10.9 Å². The molecule has 1 N–H and O–H groups in total. The van der Waals surface area contributed by atoms with Crippen LogP contribution in [0.4, 0.5) is 0 Å². The van der Waals surface area contributed by atoms with E-state index in [1.165, 1.54) is 23.8 Å². The summed E-state index contributed by atoms with van der Waals surface area (Å²) >= 11 is 0. The molecular weight excluding hydrogens is 348 g/mol. The number of aromatic amines is 1. The van der Waals surface area contributed by atoms with E-state index in [0.29, 0.717) is 11.8 Å². The molecule has 4 aromatic rings. The lowest BCUT2D eigenvalue weighted by molar-refractivity contribution is 0.288. The molecule has 1 aromatic carbocycles. The highest BCUT2D eigenvalue weighted by molar-refractivity contribution is 5.85. The Bertz CT molecular complexity index is 1050. The van der Waals surface area contributed by atoms with Crippen molar-refractivity contribution in [1.29, 1.82) is 0 Å². The average Bonchev–Trinajstić information content (AvgIpc) is 3.42. The number of hydrogen-bond donors (Lipinski definition) is 1. The highest BCUT2D eigenvalue weighted by Crippen LogP contribution is 2.33. The van der Waals surface area contributed by atoms with E-state index in [4.69, 9.17) is 4.74 Å². The van der Waals surface area contributed by atoms with Crippen molar-refractivity contribution in [2.75, 3.05) is 6.61 Å². The molecule has 0 atom stereocenters. The number of hydrogen-bond acceptors (Lipinski definition) is 4. The fourth-order valence-electron chi connectivity index (χ4n) is 2.91. The van der Waals surface area contributed by atoms with Gasteiger partial charge in [0.15, 0.2) is 0 Å². The molecule has 1 fully saturated rings. The zero-order valence-corrected chi connectivity index (χ0v) is 16.2. The zero-order valence-electron chi connectivity index (χ0n) is 16.2. The summed E-state index contributed by atoms with van der Waals surface area (Å²) in [5.74, 6) is 2.15. The Balaban J connectivity index is 0.000000233. The molecule has 0 saturated heterocycles. The van der Waals surface area contributed by atoms with E-state index in [9.17, 15) is 0 Å². The third kappa shape index (κ3) is 4.55. The smallest absolute Gasteiger partial charge is 0.224 e. The Morgan fingerprint density at radius 3 is 2.71 bits per heavy atom. The van der Waals surface area contributed by atoms with Crippen molar-refractivity contribution in [1.82, 2.24) is 19.9 Å². The first-order chi connectivity index (χ1) is 13.7. The van der Waals surface area contributed by atoms with Crippen LogP contribution in [0.3, 0.4) is 0 Å². The molecule has 1 aliphatic rings. The topological polar surface area (TPSA) is 63.7 Å². The van der Waals surface area contributed by atoms with Crippen molar-refractivity contribution in [3.8, 4) is 17.0 Å². The van der Waals surface area contributed by atoms with E-state index in [0.717, 1.165) is 29.1 Å². The van der Waals surface area contributed by atoms with Gasteiger partial charge in [0.05, 0.1) is 12.2 Å². The SMILES string of the molecule is Cc1cccnc1.Cc1ncc(-c2ccc3[nH]ccc3c2)c(OCC2CC2)n1. The quantitative estimate of drug-likeness (QED) is 0.540. The van der Waals surface area contributed by atoms with Gasteiger partial charge in [0.2, 0.25) is 5.88 Å². The van der Waals surface area contributed by atoms with Crippen molar-refractivity contribution in [2.45, 2.75) is 26.7 Å². The van der Waals surface area contributed by atoms with Crippen LogP contribution in [0.25, 0.3) is 22.0 Å². The highest BCUT2D eigenvalue weighted by Gasteiger charge is 2.23. The minimum Gasteiger partial charge on any atom is -0.477 e. The number of nitrogens with zero attached hydrogens (tertiary/aromatic N) is 3. The molecule has 5 nitrogen and oxygen atoms in total. The Kier molecular flexibility index (Phi) is 5.33. The number of H-pyrrole nitrogens is 1.